The minimum absolute atomic E-state index is 0.0463. The molecule has 1 heterocycles. The van der Waals surface area contributed by atoms with Gasteiger partial charge in [0.15, 0.2) is 0 Å². The van der Waals surface area contributed by atoms with Crippen LogP contribution >= 0.6 is 0 Å². The summed E-state index contributed by atoms with van der Waals surface area (Å²) in [6.45, 7) is 0. The lowest BCUT2D eigenvalue weighted by Gasteiger charge is -2.01. The number of benzene rings is 2. The number of carbonyl (C=O) groups is 1. The topological polar surface area (TPSA) is 115 Å². The first-order valence-corrected chi connectivity index (χ1v) is 7.15. The number of amides is 1. The van der Waals surface area contributed by atoms with Crippen molar-refractivity contribution in [3.63, 3.8) is 0 Å². The molecule has 0 bridgehead atoms. The van der Waals surface area contributed by atoms with Crippen LogP contribution in [0.1, 0.15) is 15.9 Å². The second-order valence-corrected chi connectivity index (χ2v) is 5.03. The van der Waals surface area contributed by atoms with Gasteiger partial charge in [0.2, 0.25) is 0 Å². The molecule has 8 nitrogen and oxygen atoms in total. The van der Waals surface area contributed by atoms with Crippen LogP contribution in [0.5, 0.6) is 0 Å². The lowest BCUT2D eigenvalue weighted by atomic mass is 10.2. The van der Waals surface area contributed by atoms with Gasteiger partial charge in [0.1, 0.15) is 11.1 Å². The highest BCUT2D eigenvalue weighted by Crippen LogP contribution is 2.12. The second-order valence-electron chi connectivity index (χ2n) is 5.03. The molecule has 25 heavy (non-hydrogen) atoms. The predicted octanol–water partition coefficient (Wildman–Crippen LogP) is 2.47. The Bertz CT molecular complexity index is 1040. The maximum absolute atomic E-state index is 12.1. The SMILES string of the molecule is O=C(N/N=C/c1ccc([N+](=O)[O-])cc1)c1cc2ccccc2oc1=O. The van der Waals surface area contributed by atoms with Crippen molar-refractivity contribution in [3.8, 4) is 0 Å². The molecule has 0 aliphatic rings. The summed E-state index contributed by atoms with van der Waals surface area (Å²) in [5.41, 5.74) is 2.19. The first kappa shape index (κ1) is 16.1. The van der Waals surface area contributed by atoms with Crippen molar-refractivity contribution in [2.24, 2.45) is 5.10 Å². The number of para-hydroxylation sites is 1. The average molecular weight is 337 g/mol. The first-order valence-electron chi connectivity index (χ1n) is 7.15. The Morgan fingerprint density at radius 1 is 1.16 bits per heavy atom. The van der Waals surface area contributed by atoms with Crippen molar-refractivity contribution in [1.82, 2.24) is 5.43 Å². The zero-order chi connectivity index (χ0) is 17.8. The lowest BCUT2D eigenvalue weighted by molar-refractivity contribution is -0.384. The smallest absolute Gasteiger partial charge is 0.349 e. The molecule has 1 N–H and O–H groups in total. The van der Waals surface area contributed by atoms with Crippen LogP contribution in [0.4, 0.5) is 5.69 Å². The van der Waals surface area contributed by atoms with E-state index in [0.717, 1.165) is 0 Å². The molecule has 1 aromatic heterocycles. The van der Waals surface area contributed by atoms with Crippen LogP contribution < -0.4 is 11.1 Å². The third kappa shape index (κ3) is 3.58. The van der Waals surface area contributed by atoms with Gasteiger partial charge >= 0.3 is 5.63 Å². The van der Waals surface area contributed by atoms with E-state index in [0.29, 0.717) is 16.5 Å². The van der Waals surface area contributed by atoms with Crippen molar-refractivity contribution in [1.29, 1.82) is 0 Å². The number of nitro benzene ring substituents is 1. The summed E-state index contributed by atoms with van der Waals surface area (Å²) >= 11 is 0. The Labute approximate surface area is 140 Å². The fourth-order valence-electron chi connectivity index (χ4n) is 2.13. The fraction of sp³-hybridized carbons (Fsp3) is 0. The quantitative estimate of drug-likeness (QED) is 0.340. The molecule has 2 aromatic carbocycles. The van der Waals surface area contributed by atoms with E-state index < -0.39 is 16.5 Å². The van der Waals surface area contributed by atoms with Crippen LogP contribution in [0.3, 0.4) is 0 Å². The van der Waals surface area contributed by atoms with Gasteiger partial charge in [-0.15, -0.1) is 0 Å². The Balaban J connectivity index is 1.75. The molecule has 0 radical (unpaired) electrons. The Morgan fingerprint density at radius 2 is 1.88 bits per heavy atom. The number of rotatable bonds is 4. The maximum Gasteiger partial charge on any atom is 0.349 e. The van der Waals surface area contributed by atoms with E-state index in [1.807, 2.05) is 0 Å². The molecule has 0 aliphatic carbocycles. The molecule has 0 atom stereocenters. The Hall–Kier alpha value is -3.81. The van der Waals surface area contributed by atoms with E-state index in [1.54, 1.807) is 24.3 Å². The molecule has 3 rings (SSSR count). The maximum atomic E-state index is 12.1. The number of fused-ring (bicyclic) bond motifs is 1. The minimum atomic E-state index is -0.762. The number of carbonyl (C=O) groups excluding carboxylic acids is 1. The van der Waals surface area contributed by atoms with Gasteiger partial charge in [-0.2, -0.15) is 5.10 Å². The number of nitro groups is 1. The average Bonchev–Trinajstić information content (AvgIpc) is 2.61. The highest BCUT2D eigenvalue weighted by atomic mass is 16.6. The van der Waals surface area contributed by atoms with Crippen molar-refractivity contribution in [2.75, 3.05) is 0 Å². The van der Waals surface area contributed by atoms with E-state index in [9.17, 15) is 19.7 Å². The minimum Gasteiger partial charge on any atom is -0.422 e. The molecule has 0 aliphatic heterocycles. The summed E-state index contributed by atoms with van der Waals surface area (Å²) in [5.74, 6) is -0.710. The van der Waals surface area contributed by atoms with Crippen molar-refractivity contribution >= 4 is 28.8 Å². The number of non-ortho nitro benzene ring substituents is 1. The van der Waals surface area contributed by atoms with Gasteiger partial charge < -0.3 is 4.42 Å². The third-order valence-corrected chi connectivity index (χ3v) is 3.37. The molecular weight excluding hydrogens is 326 g/mol. The molecular formula is C17H11N3O5. The molecule has 0 saturated carbocycles. The van der Waals surface area contributed by atoms with E-state index in [4.69, 9.17) is 4.42 Å². The number of hydrazone groups is 1. The normalized spacial score (nSPS) is 10.9. The molecule has 0 saturated heterocycles. The van der Waals surface area contributed by atoms with E-state index in [-0.39, 0.29) is 11.3 Å². The van der Waals surface area contributed by atoms with Crippen LogP contribution in [0, 0.1) is 10.1 Å². The predicted molar refractivity (Wildman–Crippen MR) is 90.6 cm³/mol. The summed E-state index contributed by atoms with van der Waals surface area (Å²) in [6, 6.07) is 13.9. The summed E-state index contributed by atoms with van der Waals surface area (Å²) in [4.78, 5) is 34.0. The molecule has 0 unspecified atom stereocenters. The third-order valence-electron chi connectivity index (χ3n) is 3.37. The monoisotopic (exact) mass is 337 g/mol. The molecule has 8 heteroatoms. The van der Waals surface area contributed by atoms with Gasteiger partial charge in [-0.1, -0.05) is 18.2 Å². The van der Waals surface area contributed by atoms with Gasteiger partial charge in [-0.05, 0) is 29.8 Å². The van der Waals surface area contributed by atoms with Crippen LogP contribution in [-0.2, 0) is 0 Å². The highest BCUT2D eigenvalue weighted by Gasteiger charge is 2.12. The molecule has 0 spiro atoms. The summed E-state index contributed by atoms with van der Waals surface area (Å²) < 4.78 is 5.08. The Kier molecular flexibility index (Phi) is 4.34. The number of hydrogen-bond acceptors (Lipinski definition) is 6. The molecule has 0 fully saturated rings. The van der Waals surface area contributed by atoms with Gasteiger partial charge in [-0.25, -0.2) is 10.2 Å². The van der Waals surface area contributed by atoms with E-state index >= 15 is 0 Å². The standard InChI is InChI=1S/C17H11N3O5/c21-16(14-9-12-3-1-2-4-15(12)25-17(14)22)19-18-10-11-5-7-13(8-6-11)20(23)24/h1-10H,(H,19,21)/b18-10+. The zero-order valence-electron chi connectivity index (χ0n) is 12.7. The van der Waals surface area contributed by atoms with Crippen LogP contribution in [0.15, 0.2) is 68.9 Å². The van der Waals surface area contributed by atoms with Gasteiger partial charge in [0.05, 0.1) is 11.1 Å². The molecule has 1 amide bonds. The number of nitrogens with zero attached hydrogens (tertiary/aromatic N) is 2. The van der Waals surface area contributed by atoms with Crippen molar-refractivity contribution in [2.45, 2.75) is 0 Å². The second kappa shape index (κ2) is 6.75. The van der Waals surface area contributed by atoms with Gasteiger partial charge in [0, 0.05) is 17.5 Å². The van der Waals surface area contributed by atoms with Gasteiger partial charge in [-0.3, -0.25) is 14.9 Å². The number of hydrogen-bond donors (Lipinski definition) is 1. The van der Waals surface area contributed by atoms with E-state index in [1.165, 1.54) is 36.5 Å². The summed E-state index contributed by atoms with van der Waals surface area (Å²) in [6.07, 6.45) is 1.31. The van der Waals surface area contributed by atoms with E-state index in [2.05, 4.69) is 10.5 Å². The fourth-order valence-corrected chi connectivity index (χ4v) is 2.13. The van der Waals surface area contributed by atoms with Crippen molar-refractivity contribution in [3.05, 3.63) is 86.3 Å². The van der Waals surface area contributed by atoms with Gasteiger partial charge in [0.25, 0.3) is 11.6 Å². The van der Waals surface area contributed by atoms with Crippen molar-refractivity contribution < 1.29 is 14.1 Å². The number of nitrogens with one attached hydrogen (secondary N) is 1. The molecule has 3 aromatic rings. The summed E-state index contributed by atoms with van der Waals surface area (Å²) in [5, 5.41) is 14.9. The summed E-state index contributed by atoms with van der Waals surface area (Å²) in [7, 11) is 0. The van der Waals surface area contributed by atoms with Crippen LogP contribution in [-0.4, -0.2) is 17.0 Å². The lowest BCUT2D eigenvalue weighted by Crippen LogP contribution is -2.24. The molecule has 124 valence electrons. The highest BCUT2D eigenvalue weighted by molar-refractivity contribution is 5.97. The zero-order valence-corrected chi connectivity index (χ0v) is 12.7. The van der Waals surface area contributed by atoms with Crippen LogP contribution in [0.2, 0.25) is 0 Å². The first-order chi connectivity index (χ1) is 12.0. The van der Waals surface area contributed by atoms with Crippen LogP contribution in [0.25, 0.3) is 11.0 Å². The Morgan fingerprint density at radius 3 is 2.60 bits per heavy atom. The largest absolute Gasteiger partial charge is 0.422 e.